The number of hydrogen-bond acceptors (Lipinski definition) is 4. The Morgan fingerprint density at radius 1 is 1.03 bits per heavy atom. The summed E-state index contributed by atoms with van der Waals surface area (Å²) in [5.41, 5.74) is 0.823. The molecule has 2 bridgehead atoms. The summed E-state index contributed by atoms with van der Waals surface area (Å²) in [7, 11) is 0. The first kappa shape index (κ1) is 23.8. The quantitative estimate of drug-likeness (QED) is 0.289. The van der Waals surface area contributed by atoms with Crippen LogP contribution in [0.3, 0.4) is 0 Å². The van der Waals surface area contributed by atoms with Crippen molar-refractivity contribution in [3.8, 4) is 0 Å². The summed E-state index contributed by atoms with van der Waals surface area (Å²) in [5.74, 6) is -0.461. The molecule has 172 valence electrons. The van der Waals surface area contributed by atoms with Crippen molar-refractivity contribution in [3.05, 3.63) is 35.9 Å². The molecular formula is C27H40O4. The fraction of sp³-hybridized carbons (Fsp3) is 0.704. The van der Waals surface area contributed by atoms with Gasteiger partial charge in [0, 0.05) is 0 Å². The molecule has 5 atom stereocenters. The normalized spacial score (nSPS) is 27.8. The molecule has 0 spiro atoms. The van der Waals surface area contributed by atoms with Gasteiger partial charge in [-0.1, -0.05) is 76.8 Å². The van der Waals surface area contributed by atoms with Crippen LogP contribution in [0.5, 0.6) is 0 Å². The molecule has 4 heteroatoms. The predicted molar refractivity (Wildman–Crippen MR) is 122 cm³/mol. The molecule has 0 aromatic heterocycles. The second-order valence-corrected chi connectivity index (χ2v) is 10.0. The van der Waals surface area contributed by atoms with Crippen molar-refractivity contribution in [2.75, 3.05) is 6.61 Å². The predicted octanol–water partition coefficient (Wildman–Crippen LogP) is 6.32. The minimum atomic E-state index is -0.382. The fourth-order valence-electron chi connectivity index (χ4n) is 5.89. The van der Waals surface area contributed by atoms with Crippen LogP contribution in [-0.2, 0) is 25.7 Å². The summed E-state index contributed by atoms with van der Waals surface area (Å²) in [6.45, 7) is 7.29. The topological polar surface area (TPSA) is 52.6 Å². The highest BCUT2D eigenvalue weighted by Crippen LogP contribution is 2.61. The molecule has 4 nitrogen and oxygen atoms in total. The summed E-state index contributed by atoms with van der Waals surface area (Å²) in [4.78, 5) is 26.3. The van der Waals surface area contributed by atoms with Gasteiger partial charge in [-0.25, -0.2) is 0 Å². The monoisotopic (exact) mass is 428 g/mol. The van der Waals surface area contributed by atoms with Crippen molar-refractivity contribution in [1.29, 1.82) is 0 Å². The number of fused-ring (bicyclic) bond motifs is 2. The minimum Gasteiger partial charge on any atom is -0.465 e. The van der Waals surface area contributed by atoms with Crippen LogP contribution in [0.2, 0.25) is 0 Å². The molecule has 0 N–H and O–H groups in total. The summed E-state index contributed by atoms with van der Waals surface area (Å²) >= 11 is 0. The smallest absolute Gasteiger partial charge is 0.310 e. The molecule has 1 aromatic rings. The van der Waals surface area contributed by atoms with Crippen LogP contribution in [-0.4, -0.2) is 18.5 Å². The lowest BCUT2D eigenvalue weighted by atomic mass is 9.71. The summed E-state index contributed by atoms with van der Waals surface area (Å²) < 4.78 is 11.6. The second-order valence-electron chi connectivity index (χ2n) is 10.0. The van der Waals surface area contributed by atoms with Gasteiger partial charge in [-0.3, -0.25) is 9.59 Å². The van der Waals surface area contributed by atoms with E-state index in [-0.39, 0.29) is 41.7 Å². The maximum atomic E-state index is 13.2. The van der Waals surface area contributed by atoms with Gasteiger partial charge in [0.2, 0.25) is 0 Å². The average Bonchev–Trinajstić information content (AvgIpc) is 3.30. The first-order valence-corrected chi connectivity index (χ1v) is 12.4. The molecular weight excluding hydrogens is 388 g/mol. The Morgan fingerprint density at radius 2 is 1.81 bits per heavy atom. The van der Waals surface area contributed by atoms with Gasteiger partial charge in [-0.15, -0.1) is 0 Å². The van der Waals surface area contributed by atoms with Crippen molar-refractivity contribution in [2.45, 2.75) is 85.2 Å². The summed E-state index contributed by atoms with van der Waals surface area (Å²) in [6, 6.07) is 9.73. The van der Waals surface area contributed by atoms with Gasteiger partial charge in [-0.05, 0) is 54.9 Å². The highest BCUT2D eigenvalue weighted by atomic mass is 16.5. The summed E-state index contributed by atoms with van der Waals surface area (Å²) in [5, 5.41) is 0. The van der Waals surface area contributed by atoms with Gasteiger partial charge in [0.25, 0.3) is 0 Å². The van der Waals surface area contributed by atoms with Crippen LogP contribution in [0.1, 0.15) is 84.1 Å². The third-order valence-corrected chi connectivity index (χ3v) is 7.56. The number of unbranched alkanes of at least 4 members (excludes halogenated alkanes) is 2. The van der Waals surface area contributed by atoms with E-state index in [0.717, 1.165) is 44.1 Å². The maximum Gasteiger partial charge on any atom is 0.310 e. The minimum absolute atomic E-state index is 0.147. The molecule has 1 aromatic carbocycles. The Kier molecular flexibility index (Phi) is 8.57. The molecule has 31 heavy (non-hydrogen) atoms. The molecule has 0 amide bonds. The Labute approximate surface area is 188 Å². The first-order chi connectivity index (χ1) is 15.0. The third kappa shape index (κ3) is 5.90. The largest absolute Gasteiger partial charge is 0.465 e. The molecule has 2 aliphatic carbocycles. The molecule has 2 aliphatic rings. The highest BCUT2D eigenvalue weighted by molar-refractivity contribution is 5.84. The van der Waals surface area contributed by atoms with E-state index in [1.807, 2.05) is 30.3 Å². The van der Waals surface area contributed by atoms with Gasteiger partial charge < -0.3 is 9.47 Å². The zero-order chi connectivity index (χ0) is 22.3. The molecule has 0 heterocycles. The molecule has 0 saturated heterocycles. The number of benzene rings is 1. The van der Waals surface area contributed by atoms with Crippen LogP contribution in [0.4, 0.5) is 0 Å². The SMILES string of the molecule is CCCCCC(CCC)COC(=O)C1C2CCC(C)(C2)C1C(=O)OCc1ccccc1. The van der Waals surface area contributed by atoms with Crippen LogP contribution < -0.4 is 0 Å². The van der Waals surface area contributed by atoms with E-state index in [0.29, 0.717) is 12.5 Å². The lowest BCUT2D eigenvalue weighted by molar-refractivity contribution is -0.167. The molecule has 3 rings (SSSR count). The van der Waals surface area contributed by atoms with E-state index in [9.17, 15) is 9.59 Å². The maximum absolute atomic E-state index is 13.2. The first-order valence-electron chi connectivity index (χ1n) is 12.4. The van der Waals surface area contributed by atoms with Gasteiger partial charge in [0.15, 0.2) is 0 Å². The molecule has 5 unspecified atom stereocenters. The fourth-order valence-corrected chi connectivity index (χ4v) is 5.89. The number of ether oxygens (including phenoxy) is 2. The van der Waals surface area contributed by atoms with Crippen LogP contribution in [0, 0.1) is 29.1 Å². The lowest BCUT2D eigenvalue weighted by Gasteiger charge is -2.34. The molecule has 2 fully saturated rings. The van der Waals surface area contributed by atoms with Crippen molar-refractivity contribution in [1.82, 2.24) is 0 Å². The molecule has 0 radical (unpaired) electrons. The Bertz CT molecular complexity index is 715. The van der Waals surface area contributed by atoms with Gasteiger partial charge in [-0.2, -0.15) is 0 Å². The van der Waals surface area contributed by atoms with E-state index in [1.54, 1.807) is 0 Å². The van der Waals surface area contributed by atoms with Crippen molar-refractivity contribution >= 4 is 11.9 Å². The van der Waals surface area contributed by atoms with E-state index >= 15 is 0 Å². The van der Waals surface area contributed by atoms with E-state index in [4.69, 9.17) is 9.47 Å². The highest BCUT2D eigenvalue weighted by Gasteiger charge is 2.61. The Balaban J connectivity index is 1.61. The third-order valence-electron chi connectivity index (χ3n) is 7.56. The molecule has 0 aliphatic heterocycles. The van der Waals surface area contributed by atoms with Gasteiger partial charge in [0.1, 0.15) is 6.61 Å². The number of hydrogen-bond donors (Lipinski definition) is 0. The lowest BCUT2D eigenvalue weighted by Crippen LogP contribution is -2.41. The van der Waals surface area contributed by atoms with Crippen LogP contribution in [0.15, 0.2) is 30.3 Å². The number of carbonyl (C=O) groups excluding carboxylic acids is 2. The van der Waals surface area contributed by atoms with Crippen molar-refractivity contribution in [2.24, 2.45) is 29.1 Å². The average molecular weight is 429 g/mol. The van der Waals surface area contributed by atoms with E-state index in [1.165, 1.54) is 19.3 Å². The number of esters is 2. The van der Waals surface area contributed by atoms with Crippen LogP contribution >= 0.6 is 0 Å². The summed E-state index contributed by atoms with van der Waals surface area (Å²) in [6.07, 6.45) is 9.85. The van der Waals surface area contributed by atoms with Crippen molar-refractivity contribution < 1.29 is 19.1 Å². The zero-order valence-electron chi connectivity index (χ0n) is 19.6. The van der Waals surface area contributed by atoms with Crippen LogP contribution in [0.25, 0.3) is 0 Å². The second kappa shape index (κ2) is 11.2. The van der Waals surface area contributed by atoms with E-state index in [2.05, 4.69) is 20.8 Å². The van der Waals surface area contributed by atoms with Gasteiger partial charge in [0.05, 0.1) is 18.4 Å². The standard InChI is InChI=1S/C27H40O4/c1-4-6-8-12-20(11-5-2)18-30-25(28)23-22-15-16-27(3,17-22)24(23)26(29)31-19-21-13-9-7-10-14-21/h7,9-10,13-14,20,22-24H,4-6,8,11-12,15-19H2,1-3H3. The Hall–Kier alpha value is -1.84. The Morgan fingerprint density at radius 3 is 2.52 bits per heavy atom. The number of carbonyl (C=O) groups is 2. The molecule has 2 saturated carbocycles. The number of rotatable bonds is 12. The van der Waals surface area contributed by atoms with Crippen molar-refractivity contribution in [3.63, 3.8) is 0 Å². The van der Waals surface area contributed by atoms with E-state index < -0.39 is 0 Å². The zero-order valence-corrected chi connectivity index (χ0v) is 19.6. The van der Waals surface area contributed by atoms with Gasteiger partial charge >= 0.3 is 11.9 Å².